The van der Waals surface area contributed by atoms with Gasteiger partial charge in [-0.05, 0) is 36.6 Å². The highest BCUT2D eigenvalue weighted by molar-refractivity contribution is 5.77. The molecule has 2 N–H and O–H groups in total. The zero-order valence-electron chi connectivity index (χ0n) is 10.3. The Kier molecular flexibility index (Phi) is 5.63. The highest BCUT2D eigenvalue weighted by atomic mass is 19.1. The summed E-state index contributed by atoms with van der Waals surface area (Å²) < 4.78 is 13.0. The van der Waals surface area contributed by atoms with Gasteiger partial charge in [-0.2, -0.15) is 0 Å². The van der Waals surface area contributed by atoms with Crippen molar-refractivity contribution in [3.8, 4) is 0 Å². The number of benzene rings is 1. The molecule has 0 atom stereocenters. The van der Waals surface area contributed by atoms with Crippen LogP contribution in [0.3, 0.4) is 0 Å². The number of carbonyl (C=O) groups is 1. The minimum atomic E-state index is -0.247. The normalized spacial score (nSPS) is 10.3. The fourth-order valence-electron chi connectivity index (χ4n) is 1.47. The first-order valence-electron chi connectivity index (χ1n) is 5.86. The first kappa shape index (κ1) is 13.6. The standard InChI is InChI=1S/C13H19FN2O/c1-3-6-16-13(17)9-15-8-11-7-12(14)5-4-10(11)2/h4-5,7,15H,3,6,8-9H2,1-2H3,(H,16,17). The number of halogens is 1. The molecule has 0 aliphatic rings. The quantitative estimate of drug-likeness (QED) is 0.792. The molecule has 0 fully saturated rings. The van der Waals surface area contributed by atoms with E-state index in [0.29, 0.717) is 13.1 Å². The summed E-state index contributed by atoms with van der Waals surface area (Å²) in [5.41, 5.74) is 1.90. The van der Waals surface area contributed by atoms with E-state index >= 15 is 0 Å². The molecule has 0 spiro atoms. The minimum Gasteiger partial charge on any atom is -0.355 e. The zero-order valence-corrected chi connectivity index (χ0v) is 10.3. The molecule has 0 radical (unpaired) electrons. The summed E-state index contributed by atoms with van der Waals surface area (Å²) in [6, 6.07) is 4.67. The Labute approximate surface area is 101 Å². The molecular weight excluding hydrogens is 219 g/mol. The van der Waals surface area contributed by atoms with E-state index in [1.807, 2.05) is 13.8 Å². The van der Waals surface area contributed by atoms with Crippen molar-refractivity contribution in [2.45, 2.75) is 26.8 Å². The highest BCUT2D eigenvalue weighted by Crippen LogP contribution is 2.09. The van der Waals surface area contributed by atoms with Gasteiger partial charge >= 0.3 is 0 Å². The second-order valence-electron chi connectivity index (χ2n) is 4.02. The predicted molar refractivity (Wildman–Crippen MR) is 66.1 cm³/mol. The van der Waals surface area contributed by atoms with Crippen LogP contribution in [0.15, 0.2) is 18.2 Å². The monoisotopic (exact) mass is 238 g/mol. The number of amides is 1. The van der Waals surface area contributed by atoms with Crippen molar-refractivity contribution in [1.29, 1.82) is 0 Å². The third kappa shape index (κ3) is 4.95. The van der Waals surface area contributed by atoms with Crippen LogP contribution in [-0.2, 0) is 11.3 Å². The van der Waals surface area contributed by atoms with Gasteiger partial charge in [-0.3, -0.25) is 4.79 Å². The Hall–Kier alpha value is -1.42. The third-order valence-electron chi connectivity index (χ3n) is 2.48. The molecule has 0 bridgehead atoms. The van der Waals surface area contributed by atoms with Gasteiger partial charge < -0.3 is 10.6 Å². The Bertz CT molecular complexity index is 380. The summed E-state index contributed by atoms with van der Waals surface area (Å²) in [6.07, 6.45) is 0.925. The SMILES string of the molecule is CCCNC(=O)CNCc1cc(F)ccc1C. The molecule has 4 heteroatoms. The van der Waals surface area contributed by atoms with Gasteiger partial charge in [0.2, 0.25) is 5.91 Å². The van der Waals surface area contributed by atoms with Gasteiger partial charge in [0.1, 0.15) is 5.82 Å². The van der Waals surface area contributed by atoms with E-state index in [2.05, 4.69) is 10.6 Å². The van der Waals surface area contributed by atoms with Crippen molar-refractivity contribution < 1.29 is 9.18 Å². The molecule has 0 saturated heterocycles. The number of rotatable bonds is 6. The molecule has 1 rings (SSSR count). The molecule has 0 aliphatic carbocycles. The fraction of sp³-hybridized carbons (Fsp3) is 0.462. The van der Waals surface area contributed by atoms with Gasteiger partial charge in [0.15, 0.2) is 0 Å². The maximum atomic E-state index is 13.0. The van der Waals surface area contributed by atoms with E-state index in [4.69, 9.17) is 0 Å². The average molecular weight is 238 g/mol. The maximum Gasteiger partial charge on any atom is 0.233 e. The van der Waals surface area contributed by atoms with Gasteiger partial charge in [0.05, 0.1) is 6.54 Å². The maximum absolute atomic E-state index is 13.0. The molecule has 94 valence electrons. The number of hydrogen-bond acceptors (Lipinski definition) is 2. The third-order valence-corrected chi connectivity index (χ3v) is 2.48. The number of aryl methyl sites for hydroxylation is 1. The smallest absolute Gasteiger partial charge is 0.233 e. The van der Waals surface area contributed by atoms with E-state index in [-0.39, 0.29) is 18.3 Å². The highest BCUT2D eigenvalue weighted by Gasteiger charge is 2.02. The Balaban J connectivity index is 2.35. The molecule has 1 amide bonds. The van der Waals surface area contributed by atoms with Crippen LogP contribution < -0.4 is 10.6 Å². The van der Waals surface area contributed by atoms with Gasteiger partial charge in [0, 0.05) is 13.1 Å². The Morgan fingerprint density at radius 3 is 2.88 bits per heavy atom. The van der Waals surface area contributed by atoms with Crippen molar-refractivity contribution >= 4 is 5.91 Å². The Morgan fingerprint density at radius 2 is 2.18 bits per heavy atom. The van der Waals surface area contributed by atoms with Crippen LogP contribution in [0.1, 0.15) is 24.5 Å². The van der Waals surface area contributed by atoms with Crippen molar-refractivity contribution in [2.75, 3.05) is 13.1 Å². The van der Waals surface area contributed by atoms with Crippen LogP contribution in [0.25, 0.3) is 0 Å². The Morgan fingerprint density at radius 1 is 1.41 bits per heavy atom. The first-order valence-corrected chi connectivity index (χ1v) is 5.86. The molecule has 3 nitrogen and oxygen atoms in total. The van der Waals surface area contributed by atoms with Crippen LogP contribution in [0.5, 0.6) is 0 Å². The van der Waals surface area contributed by atoms with Crippen molar-refractivity contribution in [2.24, 2.45) is 0 Å². The van der Waals surface area contributed by atoms with Crippen LogP contribution >= 0.6 is 0 Å². The lowest BCUT2D eigenvalue weighted by molar-refractivity contribution is -0.120. The van der Waals surface area contributed by atoms with Crippen LogP contribution in [0, 0.1) is 12.7 Å². The molecule has 17 heavy (non-hydrogen) atoms. The lowest BCUT2D eigenvalue weighted by Gasteiger charge is -2.08. The van der Waals surface area contributed by atoms with Crippen molar-refractivity contribution in [3.05, 3.63) is 35.1 Å². The van der Waals surface area contributed by atoms with Crippen LogP contribution in [0.2, 0.25) is 0 Å². The molecule has 0 aliphatic heterocycles. The van der Waals surface area contributed by atoms with Crippen molar-refractivity contribution in [3.63, 3.8) is 0 Å². The topological polar surface area (TPSA) is 41.1 Å². The van der Waals surface area contributed by atoms with Gasteiger partial charge in [-0.15, -0.1) is 0 Å². The van der Waals surface area contributed by atoms with E-state index in [1.54, 1.807) is 6.07 Å². The summed E-state index contributed by atoms with van der Waals surface area (Å²) >= 11 is 0. The summed E-state index contributed by atoms with van der Waals surface area (Å²) in [4.78, 5) is 11.3. The molecule has 1 aromatic rings. The lowest BCUT2D eigenvalue weighted by Crippen LogP contribution is -2.34. The van der Waals surface area contributed by atoms with E-state index < -0.39 is 0 Å². The lowest BCUT2D eigenvalue weighted by atomic mass is 10.1. The molecule has 0 saturated carbocycles. The molecule has 1 aromatic carbocycles. The first-order chi connectivity index (χ1) is 8.13. The van der Waals surface area contributed by atoms with E-state index in [0.717, 1.165) is 17.5 Å². The summed E-state index contributed by atoms with van der Waals surface area (Å²) in [5.74, 6) is -0.274. The molecule has 0 heterocycles. The molecular formula is C13H19FN2O. The predicted octanol–water partition coefficient (Wildman–Crippen LogP) is 1.75. The van der Waals surface area contributed by atoms with E-state index in [1.165, 1.54) is 12.1 Å². The largest absolute Gasteiger partial charge is 0.355 e. The summed E-state index contributed by atoms with van der Waals surface area (Å²) in [6.45, 7) is 5.38. The molecule has 0 aromatic heterocycles. The number of carbonyl (C=O) groups excluding carboxylic acids is 1. The second kappa shape index (κ2) is 7.01. The summed E-state index contributed by atoms with van der Waals surface area (Å²) in [7, 11) is 0. The van der Waals surface area contributed by atoms with Crippen molar-refractivity contribution in [1.82, 2.24) is 10.6 Å². The fourth-order valence-corrected chi connectivity index (χ4v) is 1.47. The second-order valence-corrected chi connectivity index (χ2v) is 4.02. The molecule has 0 unspecified atom stereocenters. The van der Waals surface area contributed by atoms with Gasteiger partial charge in [-0.25, -0.2) is 4.39 Å². The van der Waals surface area contributed by atoms with Crippen LogP contribution in [-0.4, -0.2) is 19.0 Å². The number of nitrogens with one attached hydrogen (secondary N) is 2. The van der Waals surface area contributed by atoms with Gasteiger partial charge in [-0.1, -0.05) is 13.0 Å². The van der Waals surface area contributed by atoms with Crippen LogP contribution in [0.4, 0.5) is 4.39 Å². The number of hydrogen-bond donors (Lipinski definition) is 2. The minimum absolute atomic E-state index is 0.0269. The van der Waals surface area contributed by atoms with Gasteiger partial charge in [0.25, 0.3) is 0 Å². The average Bonchev–Trinajstić information content (AvgIpc) is 2.31. The van der Waals surface area contributed by atoms with E-state index in [9.17, 15) is 9.18 Å². The summed E-state index contributed by atoms with van der Waals surface area (Å²) in [5, 5.41) is 5.77. The zero-order chi connectivity index (χ0) is 12.7.